The van der Waals surface area contributed by atoms with Crippen LogP contribution in [-0.4, -0.2) is 100.0 Å². The van der Waals surface area contributed by atoms with Gasteiger partial charge in [0.15, 0.2) is 11.9 Å². The van der Waals surface area contributed by atoms with Crippen LogP contribution in [0.15, 0.2) is 88.9 Å². The SMILES string of the molecule is O=Cc1c(Cl)nc(Nc2ccc(S(=O)(=O)NCCO)cc2)nc1Cl.O=S(=O)(NCCO)c1ccc(Nc2nc(Nc3ccc4[nH]ncc4c3)c3cn[nH]c3n2)cc1. The maximum absolute atomic E-state index is 12.2. The zero-order valence-corrected chi connectivity index (χ0v) is 32.2. The van der Waals surface area contributed by atoms with Crippen LogP contribution in [0.2, 0.25) is 10.3 Å². The highest BCUT2D eigenvalue weighted by Gasteiger charge is 2.16. The highest BCUT2D eigenvalue weighted by Crippen LogP contribution is 2.28. The summed E-state index contributed by atoms with van der Waals surface area (Å²) < 4.78 is 52.6. The van der Waals surface area contributed by atoms with Crippen LogP contribution < -0.4 is 25.4 Å². The number of hydrogen-bond donors (Lipinski definition) is 9. The molecule has 0 aliphatic carbocycles. The highest BCUT2D eigenvalue weighted by molar-refractivity contribution is 7.89. The maximum Gasteiger partial charge on any atom is 0.240 e. The van der Waals surface area contributed by atoms with Gasteiger partial charge in [-0.15, -0.1) is 0 Å². The fraction of sp³-hybridized carbons (Fsp3) is 0.121. The standard InChI is InChI=1S/C20H19N9O3S.C13H12Cl2N4O4S/c30-8-7-23-33(31,32)15-4-1-13(2-5-15)25-20-26-18(16-11-22-29-19(16)27-20)24-14-3-6-17-12(9-14)10-21-28-17;14-11-10(7-21)12(15)19-13(18-11)17-8-1-3-9(4-2-8)24(22,23)16-5-6-20/h1-6,9-11,23,30H,7-8H2,(H,21,28)(H3,22,24,25,26,27,29);1-4,7,16,20H,5-6H2,(H,17,18,19). The van der Waals surface area contributed by atoms with Crippen LogP contribution in [-0.2, 0) is 20.0 Å². The summed E-state index contributed by atoms with van der Waals surface area (Å²) in [5.41, 5.74) is 3.35. The van der Waals surface area contributed by atoms with Crippen molar-refractivity contribution in [2.45, 2.75) is 9.79 Å². The maximum atomic E-state index is 12.2. The molecule has 0 saturated heterocycles. The molecule has 0 fully saturated rings. The largest absolute Gasteiger partial charge is 0.395 e. The van der Waals surface area contributed by atoms with Crippen molar-refractivity contribution in [2.75, 3.05) is 42.3 Å². The number of aromatic nitrogens is 8. The summed E-state index contributed by atoms with van der Waals surface area (Å²) in [6.45, 7) is -0.701. The van der Waals surface area contributed by atoms with Gasteiger partial charge >= 0.3 is 0 Å². The molecular formula is C33H31Cl2N13O7S2. The van der Waals surface area contributed by atoms with E-state index in [9.17, 15) is 21.6 Å². The Hall–Kier alpha value is -5.85. The molecule has 0 atom stereocenters. The number of H-pyrrole nitrogens is 2. The lowest BCUT2D eigenvalue weighted by molar-refractivity contribution is 0.112. The van der Waals surface area contributed by atoms with Gasteiger partial charge in [0, 0.05) is 35.5 Å². The number of aliphatic hydroxyl groups excluding tert-OH is 2. The number of carbonyl (C=O) groups excluding carboxylic acids is 1. The molecule has 9 N–H and O–H groups in total. The van der Waals surface area contributed by atoms with Crippen LogP contribution >= 0.6 is 23.2 Å². The molecule has 0 aliphatic heterocycles. The van der Waals surface area contributed by atoms with Gasteiger partial charge < -0.3 is 26.2 Å². The number of fused-ring (bicyclic) bond motifs is 2. The van der Waals surface area contributed by atoms with E-state index >= 15 is 0 Å². The summed E-state index contributed by atoms with van der Waals surface area (Å²) in [6.07, 6.45) is 3.83. The normalized spacial score (nSPS) is 11.6. The monoisotopic (exact) mass is 855 g/mol. The van der Waals surface area contributed by atoms with Crippen LogP contribution in [0.3, 0.4) is 0 Å². The van der Waals surface area contributed by atoms with E-state index in [0.717, 1.165) is 16.6 Å². The minimum atomic E-state index is -3.69. The summed E-state index contributed by atoms with van der Waals surface area (Å²) >= 11 is 11.6. The molecule has 0 saturated carbocycles. The van der Waals surface area contributed by atoms with Crippen LogP contribution in [0.25, 0.3) is 21.9 Å². The van der Waals surface area contributed by atoms with Gasteiger partial charge in [0.05, 0.1) is 51.9 Å². The Balaban J connectivity index is 0.000000204. The van der Waals surface area contributed by atoms with Gasteiger partial charge in [0.2, 0.25) is 31.9 Å². The molecule has 3 aromatic carbocycles. The van der Waals surface area contributed by atoms with Crippen molar-refractivity contribution in [1.29, 1.82) is 0 Å². The van der Waals surface area contributed by atoms with Crippen LogP contribution in [0.4, 0.5) is 34.8 Å². The van der Waals surface area contributed by atoms with E-state index in [2.05, 4.69) is 65.7 Å². The molecular weight excluding hydrogens is 825 g/mol. The first-order chi connectivity index (χ1) is 27.4. The molecule has 0 aliphatic rings. The highest BCUT2D eigenvalue weighted by atomic mass is 35.5. The second-order valence-corrected chi connectivity index (χ2v) is 15.8. The minimum absolute atomic E-state index is 0.0136. The number of rotatable bonds is 15. The fourth-order valence-corrected chi connectivity index (χ4v) is 7.45. The Labute approximate surface area is 333 Å². The molecule has 20 nitrogen and oxygen atoms in total. The third kappa shape index (κ3) is 10.1. The molecule has 7 rings (SSSR count). The third-order valence-corrected chi connectivity index (χ3v) is 11.2. The van der Waals surface area contributed by atoms with Crippen LogP contribution in [0, 0.1) is 0 Å². The number of carbonyl (C=O) groups is 1. The molecule has 57 heavy (non-hydrogen) atoms. The number of aromatic amines is 2. The Morgan fingerprint density at radius 3 is 1.72 bits per heavy atom. The molecule has 0 unspecified atom stereocenters. The number of nitrogens with one attached hydrogen (secondary N) is 7. The van der Waals surface area contributed by atoms with Crippen molar-refractivity contribution in [3.63, 3.8) is 0 Å². The first kappa shape index (κ1) is 40.8. The number of benzene rings is 3. The second-order valence-electron chi connectivity index (χ2n) is 11.5. The van der Waals surface area contributed by atoms with E-state index in [1.54, 1.807) is 24.5 Å². The number of sulfonamides is 2. The van der Waals surface area contributed by atoms with E-state index in [1.165, 1.54) is 36.4 Å². The summed E-state index contributed by atoms with van der Waals surface area (Å²) in [5, 5.41) is 42.0. The van der Waals surface area contributed by atoms with Gasteiger partial charge in [-0.1, -0.05) is 23.2 Å². The summed E-state index contributed by atoms with van der Waals surface area (Å²) in [6, 6.07) is 17.6. The first-order valence-electron chi connectivity index (χ1n) is 16.4. The molecule has 0 radical (unpaired) electrons. The van der Waals surface area contributed by atoms with Crippen molar-refractivity contribution in [1.82, 2.24) is 49.8 Å². The zero-order valence-electron chi connectivity index (χ0n) is 29.1. The summed E-state index contributed by atoms with van der Waals surface area (Å²) in [7, 11) is -7.37. The number of aldehydes is 1. The van der Waals surface area contributed by atoms with Crippen molar-refractivity contribution < 1.29 is 31.8 Å². The molecule has 296 valence electrons. The average molecular weight is 857 g/mol. The van der Waals surface area contributed by atoms with Crippen LogP contribution in [0.1, 0.15) is 10.4 Å². The van der Waals surface area contributed by atoms with Gasteiger partial charge in [0.1, 0.15) is 16.1 Å². The molecule has 24 heteroatoms. The van der Waals surface area contributed by atoms with E-state index in [-0.39, 0.29) is 57.9 Å². The number of nitrogens with zero attached hydrogens (tertiary/aromatic N) is 6. The summed E-state index contributed by atoms with van der Waals surface area (Å²) in [4.78, 5) is 27.7. The Morgan fingerprint density at radius 2 is 1.18 bits per heavy atom. The number of hydrogen-bond acceptors (Lipinski definition) is 16. The van der Waals surface area contributed by atoms with Gasteiger partial charge in [-0.3, -0.25) is 15.0 Å². The average Bonchev–Trinajstić information content (AvgIpc) is 3.87. The fourth-order valence-electron chi connectivity index (χ4n) is 4.93. The summed E-state index contributed by atoms with van der Waals surface area (Å²) in [5.74, 6) is 0.906. The van der Waals surface area contributed by atoms with E-state index < -0.39 is 20.0 Å². The third-order valence-electron chi connectivity index (χ3n) is 7.63. The molecule has 4 aromatic heterocycles. The van der Waals surface area contributed by atoms with Crippen molar-refractivity contribution in [2.24, 2.45) is 0 Å². The molecule has 4 heterocycles. The zero-order chi connectivity index (χ0) is 40.6. The van der Waals surface area contributed by atoms with Crippen LogP contribution in [0.5, 0.6) is 0 Å². The Kier molecular flexibility index (Phi) is 12.9. The smallest absolute Gasteiger partial charge is 0.240 e. The van der Waals surface area contributed by atoms with Gasteiger partial charge in [-0.25, -0.2) is 26.3 Å². The lowest BCUT2D eigenvalue weighted by Gasteiger charge is -2.11. The second kappa shape index (κ2) is 18.0. The van der Waals surface area contributed by atoms with Crippen molar-refractivity contribution >= 4 is 106 Å². The van der Waals surface area contributed by atoms with Crippen molar-refractivity contribution in [3.05, 3.63) is 95.0 Å². The molecule has 0 spiro atoms. The molecule has 0 amide bonds. The Morgan fingerprint density at radius 1 is 0.649 bits per heavy atom. The topological polar surface area (TPSA) is 295 Å². The quantitative estimate of drug-likeness (QED) is 0.0526. The number of anilines is 6. The van der Waals surface area contributed by atoms with E-state index in [0.29, 0.717) is 40.5 Å². The minimum Gasteiger partial charge on any atom is -0.395 e. The molecule has 0 bridgehead atoms. The van der Waals surface area contributed by atoms with Gasteiger partial charge in [-0.05, 0) is 66.7 Å². The van der Waals surface area contributed by atoms with Gasteiger partial charge in [-0.2, -0.15) is 30.1 Å². The predicted octanol–water partition coefficient (Wildman–Crippen LogP) is 3.60. The lowest BCUT2D eigenvalue weighted by Crippen LogP contribution is -2.26. The molecule has 7 aromatic rings. The number of aliphatic hydroxyl groups is 2. The van der Waals surface area contributed by atoms with E-state index in [1.807, 2.05) is 18.2 Å². The van der Waals surface area contributed by atoms with Crippen molar-refractivity contribution in [3.8, 4) is 0 Å². The Bertz CT molecular complexity index is 2710. The van der Waals surface area contributed by atoms with E-state index in [4.69, 9.17) is 33.4 Å². The number of halogens is 2. The predicted molar refractivity (Wildman–Crippen MR) is 212 cm³/mol. The first-order valence-corrected chi connectivity index (χ1v) is 20.2. The lowest BCUT2D eigenvalue weighted by atomic mass is 10.2. The van der Waals surface area contributed by atoms with Gasteiger partial charge in [0.25, 0.3) is 0 Å².